The van der Waals surface area contributed by atoms with Gasteiger partial charge in [-0.3, -0.25) is 0 Å². The summed E-state index contributed by atoms with van der Waals surface area (Å²) in [5.41, 5.74) is 0.0171. The van der Waals surface area contributed by atoms with Crippen LogP contribution in [-0.2, 0) is 0 Å². The second-order valence-electron chi connectivity index (χ2n) is 3.32. The average Bonchev–Trinajstić information content (AvgIpc) is 2.11. The van der Waals surface area contributed by atoms with E-state index >= 15 is 0 Å². The van der Waals surface area contributed by atoms with E-state index in [0.717, 1.165) is 12.1 Å². The van der Waals surface area contributed by atoms with E-state index in [2.05, 4.69) is 14.8 Å². The summed E-state index contributed by atoms with van der Waals surface area (Å²) in [7, 11) is 0. The Morgan fingerprint density at radius 1 is 0.895 bits per heavy atom. The Bertz CT molecular complexity index is 395. The molecule has 0 aliphatic rings. The molecule has 0 aliphatic heterocycles. The minimum Gasteiger partial charge on any atom is -0.406 e. The summed E-state index contributed by atoms with van der Waals surface area (Å²) in [6.07, 6.45) is -10.00. The monoisotopic (exact) mass is 289 g/mol. The van der Waals surface area contributed by atoms with E-state index in [4.69, 9.17) is 0 Å². The predicted molar refractivity (Wildman–Crippen MR) is 54.0 cm³/mol. The quantitative estimate of drug-likeness (QED) is 0.852. The van der Waals surface area contributed by atoms with Crippen LogP contribution in [-0.4, -0.2) is 19.3 Å². The summed E-state index contributed by atoms with van der Waals surface area (Å²) in [6.45, 7) is 1.93. The van der Waals surface area contributed by atoms with Crippen molar-refractivity contribution in [1.82, 2.24) is 0 Å². The predicted octanol–water partition coefficient (Wildman–Crippen LogP) is 3.92. The Morgan fingerprint density at radius 3 is 1.63 bits per heavy atom. The number of benzene rings is 1. The minimum atomic E-state index is -5.00. The molecule has 0 atom stereocenters. The highest BCUT2D eigenvalue weighted by Gasteiger charge is 2.33. The Balaban J connectivity index is 3.03. The van der Waals surface area contributed by atoms with Crippen LogP contribution in [0.4, 0.5) is 32.0 Å². The van der Waals surface area contributed by atoms with Crippen molar-refractivity contribution in [2.24, 2.45) is 0 Å². The minimum absolute atomic E-state index is 0.0171. The average molecular weight is 289 g/mol. The summed E-state index contributed by atoms with van der Waals surface area (Å²) in [6, 6.07) is 2.34. The molecule has 0 radical (unpaired) electrons. The van der Waals surface area contributed by atoms with Crippen molar-refractivity contribution in [2.75, 3.05) is 11.9 Å². The topological polar surface area (TPSA) is 30.5 Å². The smallest absolute Gasteiger partial charge is 0.406 e. The van der Waals surface area contributed by atoms with E-state index in [-0.39, 0.29) is 5.69 Å². The van der Waals surface area contributed by atoms with Crippen molar-refractivity contribution in [1.29, 1.82) is 0 Å². The van der Waals surface area contributed by atoms with E-state index in [1.165, 1.54) is 0 Å². The lowest BCUT2D eigenvalue weighted by Crippen LogP contribution is -2.19. The third-order valence-corrected chi connectivity index (χ3v) is 1.73. The Hall–Kier alpha value is -1.80. The first-order chi connectivity index (χ1) is 8.59. The fourth-order valence-electron chi connectivity index (χ4n) is 1.26. The molecule has 0 aromatic heterocycles. The Labute approximate surface area is 104 Å². The molecule has 0 saturated carbocycles. The molecule has 108 valence electrons. The highest BCUT2D eigenvalue weighted by Crippen LogP contribution is 2.32. The molecule has 1 N–H and O–H groups in total. The SMILES string of the molecule is CCNc1cc(OC(F)(F)F)cc(OC(F)(F)F)c1. The molecule has 0 unspecified atom stereocenters. The summed E-state index contributed by atoms with van der Waals surface area (Å²) < 4.78 is 79.2. The van der Waals surface area contributed by atoms with Gasteiger partial charge in [0.05, 0.1) is 0 Å². The molecule has 1 aromatic carbocycles. The maximum atomic E-state index is 12.0. The molecule has 0 heterocycles. The highest BCUT2D eigenvalue weighted by molar-refractivity contribution is 5.53. The first-order valence-corrected chi connectivity index (χ1v) is 4.99. The molecule has 0 spiro atoms. The van der Waals surface area contributed by atoms with Crippen LogP contribution >= 0.6 is 0 Å². The first-order valence-electron chi connectivity index (χ1n) is 4.99. The molecule has 0 saturated heterocycles. The van der Waals surface area contributed by atoms with E-state index in [1.54, 1.807) is 6.92 Å². The van der Waals surface area contributed by atoms with Crippen LogP contribution in [0.1, 0.15) is 6.92 Å². The molecule has 19 heavy (non-hydrogen) atoms. The lowest BCUT2D eigenvalue weighted by molar-refractivity contribution is -0.276. The fraction of sp³-hybridized carbons (Fsp3) is 0.400. The van der Waals surface area contributed by atoms with Gasteiger partial charge in [0.15, 0.2) is 0 Å². The van der Waals surface area contributed by atoms with Gasteiger partial charge in [0.2, 0.25) is 0 Å². The lowest BCUT2D eigenvalue weighted by Gasteiger charge is -2.14. The summed E-state index contributed by atoms with van der Waals surface area (Å²) >= 11 is 0. The van der Waals surface area contributed by atoms with Crippen LogP contribution < -0.4 is 14.8 Å². The summed E-state index contributed by atoms with van der Waals surface area (Å²) in [5.74, 6) is -1.60. The molecular weight excluding hydrogens is 280 g/mol. The molecule has 0 aliphatic carbocycles. The van der Waals surface area contributed by atoms with Gasteiger partial charge in [-0.05, 0) is 6.92 Å². The van der Waals surface area contributed by atoms with Crippen LogP contribution in [0.3, 0.4) is 0 Å². The van der Waals surface area contributed by atoms with Crippen molar-refractivity contribution in [3.8, 4) is 11.5 Å². The van der Waals surface area contributed by atoms with Gasteiger partial charge in [0.1, 0.15) is 11.5 Å². The normalized spacial score (nSPS) is 12.2. The lowest BCUT2D eigenvalue weighted by atomic mass is 10.2. The number of anilines is 1. The number of ether oxygens (including phenoxy) is 2. The molecular formula is C10H9F6NO2. The fourth-order valence-corrected chi connectivity index (χ4v) is 1.26. The van der Waals surface area contributed by atoms with Gasteiger partial charge in [-0.1, -0.05) is 0 Å². The zero-order chi connectivity index (χ0) is 14.7. The third kappa shape index (κ3) is 6.07. The van der Waals surface area contributed by atoms with Crippen molar-refractivity contribution < 1.29 is 35.8 Å². The number of nitrogens with one attached hydrogen (secondary N) is 1. The maximum Gasteiger partial charge on any atom is 0.573 e. The van der Waals surface area contributed by atoms with Crippen LogP contribution in [0.15, 0.2) is 18.2 Å². The molecule has 3 nitrogen and oxygen atoms in total. The Kier molecular flexibility index (Phi) is 4.38. The van der Waals surface area contributed by atoms with E-state index in [1.807, 2.05) is 0 Å². The molecule has 1 aromatic rings. The van der Waals surface area contributed by atoms with Crippen LogP contribution in [0.5, 0.6) is 11.5 Å². The number of hydrogen-bond acceptors (Lipinski definition) is 3. The van der Waals surface area contributed by atoms with E-state index in [9.17, 15) is 26.3 Å². The number of rotatable bonds is 4. The number of halogens is 6. The molecule has 0 amide bonds. The second-order valence-corrected chi connectivity index (χ2v) is 3.32. The van der Waals surface area contributed by atoms with E-state index in [0.29, 0.717) is 12.6 Å². The standard InChI is InChI=1S/C10H9F6NO2/c1-2-17-6-3-7(18-9(11,12)13)5-8(4-6)19-10(14,15)16/h3-5,17H,2H2,1H3. The number of hydrogen-bond donors (Lipinski definition) is 1. The first kappa shape index (κ1) is 15.3. The summed E-state index contributed by atoms with van der Waals surface area (Å²) in [5, 5.41) is 2.57. The second kappa shape index (κ2) is 5.45. The van der Waals surface area contributed by atoms with Crippen molar-refractivity contribution in [2.45, 2.75) is 19.6 Å². The van der Waals surface area contributed by atoms with E-state index < -0.39 is 24.2 Å². The van der Waals surface area contributed by atoms with Crippen molar-refractivity contribution >= 4 is 5.69 Å². The molecule has 1 rings (SSSR count). The number of alkyl halides is 6. The maximum absolute atomic E-state index is 12.0. The molecule has 0 fully saturated rings. The van der Waals surface area contributed by atoms with Gasteiger partial charge in [0.25, 0.3) is 0 Å². The summed E-state index contributed by atoms with van der Waals surface area (Å²) in [4.78, 5) is 0. The van der Waals surface area contributed by atoms with Crippen molar-refractivity contribution in [3.63, 3.8) is 0 Å². The third-order valence-electron chi connectivity index (χ3n) is 1.73. The van der Waals surface area contributed by atoms with Gasteiger partial charge in [-0.15, -0.1) is 26.3 Å². The molecule has 0 bridgehead atoms. The van der Waals surface area contributed by atoms with Gasteiger partial charge < -0.3 is 14.8 Å². The van der Waals surface area contributed by atoms with Gasteiger partial charge in [-0.25, -0.2) is 0 Å². The van der Waals surface area contributed by atoms with Crippen LogP contribution in [0, 0.1) is 0 Å². The van der Waals surface area contributed by atoms with Crippen LogP contribution in [0.25, 0.3) is 0 Å². The van der Waals surface area contributed by atoms with Gasteiger partial charge >= 0.3 is 12.7 Å². The molecule has 9 heteroatoms. The zero-order valence-electron chi connectivity index (χ0n) is 9.52. The largest absolute Gasteiger partial charge is 0.573 e. The zero-order valence-corrected chi connectivity index (χ0v) is 9.52. The van der Waals surface area contributed by atoms with Crippen LogP contribution in [0.2, 0.25) is 0 Å². The van der Waals surface area contributed by atoms with Gasteiger partial charge in [-0.2, -0.15) is 0 Å². The van der Waals surface area contributed by atoms with Crippen molar-refractivity contribution in [3.05, 3.63) is 18.2 Å². The highest BCUT2D eigenvalue weighted by atomic mass is 19.4. The van der Waals surface area contributed by atoms with Gasteiger partial charge in [0, 0.05) is 30.4 Å². The Morgan fingerprint density at radius 2 is 1.32 bits per heavy atom.